The van der Waals surface area contributed by atoms with Crippen LogP contribution in [0, 0.1) is 5.41 Å². The number of nitrogens with zero attached hydrogens (tertiary/aromatic N) is 3. The van der Waals surface area contributed by atoms with Crippen molar-refractivity contribution in [2.75, 3.05) is 32.8 Å². The van der Waals surface area contributed by atoms with Gasteiger partial charge in [0.1, 0.15) is 0 Å². The fourth-order valence-corrected chi connectivity index (χ4v) is 4.35. The van der Waals surface area contributed by atoms with E-state index < -0.39 is 0 Å². The van der Waals surface area contributed by atoms with Crippen molar-refractivity contribution in [2.24, 2.45) is 11.1 Å². The zero-order chi connectivity index (χ0) is 18.5. The average molecular weight is 370 g/mol. The fourth-order valence-electron chi connectivity index (χ4n) is 4.35. The maximum Gasteiger partial charge on any atom is 0.227 e. The molecule has 1 saturated heterocycles. The van der Waals surface area contributed by atoms with Crippen molar-refractivity contribution in [1.82, 2.24) is 15.0 Å². The summed E-state index contributed by atoms with van der Waals surface area (Å²) in [6.07, 6.45) is 6.94. The number of aromatic nitrogens is 2. The molecule has 4 rings (SSSR count). The molecule has 146 valence electrons. The Morgan fingerprint density at radius 1 is 1.11 bits per heavy atom. The van der Waals surface area contributed by atoms with E-state index in [0.717, 1.165) is 63.6 Å². The van der Waals surface area contributed by atoms with E-state index in [1.807, 2.05) is 0 Å². The third kappa shape index (κ3) is 4.57. The Balaban J connectivity index is 1.45. The molecule has 6 heteroatoms. The van der Waals surface area contributed by atoms with Crippen molar-refractivity contribution in [2.45, 2.75) is 45.1 Å². The van der Waals surface area contributed by atoms with E-state index in [0.29, 0.717) is 12.4 Å². The van der Waals surface area contributed by atoms with Gasteiger partial charge in [0.25, 0.3) is 0 Å². The van der Waals surface area contributed by atoms with Crippen LogP contribution in [0.1, 0.15) is 43.6 Å². The van der Waals surface area contributed by atoms with Gasteiger partial charge in [0.2, 0.25) is 11.7 Å². The summed E-state index contributed by atoms with van der Waals surface area (Å²) in [5.41, 5.74) is 8.53. The minimum absolute atomic E-state index is 0.139. The summed E-state index contributed by atoms with van der Waals surface area (Å²) in [6.45, 7) is 5.22. The van der Waals surface area contributed by atoms with Gasteiger partial charge in [-0.05, 0) is 36.4 Å². The smallest absolute Gasteiger partial charge is 0.227 e. The number of nitrogens with two attached hydrogens (primary N) is 1. The molecule has 2 heterocycles. The fraction of sp³-hybridized carbons (Fsp3) is 0.619. The van der Waals surface area contributed by atoms with E-state index in [-0.39, 0.29) is 5.41 Å². The van der Waals surface area contributed by atoms with Crippen LogP contribution in [0.5, 0.6) is 0 Å². The Morgan fingerprint density at radius 3 is 2.70 bits per heavy atom. The average Bonchev–Trinajstić information content (AvgIpc) is 3.18. The zero-order valence-corrected chi connectivity index (χ0v) is 16.0. The van der Waals surface area contributed by atoms with Crippen LogP contribution >= 0.6 is 0 Å². The summed E-state index contributed by atoms with van der Waals surface area (Å²) in [5, 5.41) is 4.24. The molecule has 0 unspecified atom stereocenters. The molecule has 0 bridgehead atoms. The number of hydrogen-bond acceptors (Lipinski definition) is 6. The van der Waals surface area contributed by atoms with Gasteiger partial charge in [-0.3, -0.25) is 4.90 Å². The molecule has 27 heavy (non-hydrogen) atoms. The zero-order valence-electron chi connectivity index (χ0n) is 16.0. The monoisotopic (exact) mass is 370 g/mol. The molecule has 1 saturated carbocycles. The number of rotatable bonds is 6. The first-order valence-electron chi connectivity index (χ1n) is 10.2. The first kappa shape index (κ1) is 18.6. The maximum atomic E-state index is 6.11. The highest BCUT2D eigenvalue weighted by Crippen LogP contribution is 2.38. The minimum atomic E-state index is 0.139. The van der Waals surface area contributed by atoms with Crippen LogP contribution in [0.2, 0.25) is 0 Å². The molecule has 0 spiro atoms. The highest BCUT2D eigenvalue weighted by molar-refractivity contribution is 5.55. The molecular formula is C21H30N4O2. The Labute approximate surface area is 161 Å². The normalized spacial score (nSPS) is 20.6. The highest BCUT2D eigenvalue weighted by Gasteiger charge is 2.33. The standard InChI is InChI=1S/C21H30N4O2/c22-16-21(7-2-1-3-8-21)14-19-23-20(24-27-19)18-6-4-5-17(13-18)15-25-9-11-26-12-10-25/h4-6,13H,1-3,7-12,14-16,22H2. The Kier molecular flexibility index (Phi) is 5.86. The molecule has 0 atom stereocenters. The Hall–Kier alpha value is -1.76. The number of hydrogen-bond donors (Lipinski definition) is 1. The van der Waals surface area contributed by atoms with E-state index >= 15 is 0 Å². The van der Waals surface area contributed by atoms with Crippen LogP contribution in [0.15, 0.2) is 28.8 Å². The number of ether oxygens (including phenoxy) is 1. The topological polar surface area (TPSA) is 77.4 Å². The highest BCUT2D eigenvalue weighted by atomic mass is 16.5. The first-order valence-corrected chi connectivity index (χ1v) is 10.2. The predicted octanol–water partition coefficient (Wildman–Crippen LogP) is 3.02. The lowest BCUT2D eigenvalue weighted by Crippen LogP contribution is -2.35. The van der Waals surface area contributed by atoms with E-state index in [2.05, 4.69) is 39.3 Å². The molecule has 1 aromatic carbocycles. The van der Waals surface area contributed by atoms with E-state index in [4.69, 9.17) is 15.0 Å². The van der Waals surface area contributed by atoms with Crippen molar-refractivity contribution in [3.63, 3.8) is 0 Å². The molecule has 2 aromatic rings. The van der Waals surface area contributed by atoms with E-state index in [1.54, 1.807) is 0 Å². The lowest BCUT2D eigenvalue weighted by atomic mass is 9.72. The van der Waals surface area contributed by atoms with Gasteiger partial charge in [-0.15, -0.1) is 0 Å². The molecule has 1 aliphatic carbocycles. The summed E-state index contributed by atoms with van der Waals surface area (Å²) in [7, 11) is 0. The quantitative estimate of drug-likeness (QED) is 0.842. The number of benzene rings is 1. The first-order chi connectivity index (χ1) is 13.3. The second kappa shape index (κ2) is 8.50. The van der Waals surface area contributed by atoms with Gasteiger partial charge in [-0.1, -0.05) is 42.6 Å². The molecule has 6 nitrogen and oxygen atoms in total. The van der Waals surface area contributed by atoms with Crippen LogP contribution < -0.4 is 5.73 Å². The largest absolute Gasteiger partial charge is 0.379 e. The lowest BCUT2D eigenvalue weighted by molar-refractivity contribution is 0.0342. The van der Waals surface area contributed by atoms with Gasteiger partial charge < -0.3 is 15.0 Å². The van der Waals surface area contributed by atoms with Crippen LogP contribution in [0.4, 0.5) is 0 Å². The Bertz CT molecular complexity index is 733. The second-order valence-corrected chi connectivity index (χ2v) is 8.04. The molecule has 0 amide bonds. The molecule has 0 radical (unpaired) electrons. The predicted molar refractivity (Wildman–Crippen MR) is 104 cm³/mol. The van der Waals surface area contributed by atoms with Crippen molar-refractivity contribution < 1.29 is 9.26 Å². The SMILES string of the molecule is NCC1(Cc2nc(-c3cccc(CN4CCOCC4)c3)no2)CCCCC1. The van der Waals surface area contributed by atoms with Crippen LogP contribution in [0.3, 0.4) is 0 Å². The van der Waals surface area contributed by atoms with Gasteiger partial charge in [-0.2, -0.15) is 4.98 Å². The lowest BCUT2D eigenvalue weighted by Gasteiger charge is -2.34. The summed E-state index contributed by atoms with van der Waals surface area (Å²) >= 11 is 0. The summed E-state index contributed by atoms with van der Waals surface area (Å²) in [5.74, 6) is 1.40. The maximum absolute atomic E-state index is 6.11. The summed E-state index contributed by atoms with van der Waals surface area (Å²) in [6, 6.07) is 8.45. The minimum Gasteiger partial charge on any atom is -0.379 e. The number of morpholine rings is 1. The molecule has 1 aromatic heterocycles. The van der Waals surface area contributed by atoms with Gasteiger partial charge in [0.15, 0.2) is 0 Å². The van der Waals surface area contributed by atoms with Crippen molar-refractivity contribution in [3.05, 3.63) is 35.7 Å². The van der Waals surface area contributed by atoms with Crippen LogP contribution in [-0.4, -0.2) is 47.9 Å². The van der Waals surface area contributed by atoms with E-state index in [9.17, 15) is 0 Å². The molecule has 2 aliphatic rings. The summed E-state index contributed by atoms with van der Waals surface area (Å²) in [4.78, 5) is 7.10. The van der Waals surface area contributed by atoms with Crippen molar-refractivity contribution in [1.29, 1.82) is 0 Å². The third-order valence-electron chi connectivity index (χ3n) is 6.04. The summed E-state index contributed by atoms with van der Waals surface area (Å²) < 4.78 is 11.0. The van der Waals surface area contributed by atoms with Crippen molar-refractivity contribution >= 4 is 0 Å². The van der Waals surface area contributed by atoms with Gasteiger partial charge in [0, 0.05) is 31.6 Å². The molecule has 2 fully saturated rings. The second-order valence-electron chi connectivity index (χ2n) is 8.04. The van der Waals surface area contributed by atoms with Gasteiger partial charge >= 0.3 is 0 Å². The molecular weight excluding hydrogens is 340 g/mol. The Morgan fingerprint density at radius 2 is 1.93 bits per heavy atom. The van der Waals surface area contributed by atoms with Crippen LogP contribution in [-0.2, 0) is 17.7 Å². The van der Waals surface area contributed by atoms with Gasteiger partial charge in [0.05, 0.1) is 13.2 Å². The van der Waals surface area contributed by atoms with E-state index in [1.165, 1.54) is 24.8 Å². The molecule has 1 aliphatic heterocycles. The third-order valence-corrected chi connectivity index (χ3v) is 6.04. The van der Waals surface area contributed by atoms with Crippen molar-refractivity contribution in [3.8, 4) is 11.4 Å². The van der Waals surface area contributed by atoms with Crippen LogP contribution in [0.25, 0.3) is 11.4 Å². The molecule has 2 N–H and O–H groups in total. The van der Waals surface area contributed by atoms with Gasteiger partial charge in [-0.25, -0.2) is 0 Å².